The minimum atomic E-state index is -0.201. The summed E-state index contributed by atoms with van der Waals surface area (Å²) >= 11 is 7.68. The van der Waals surface area contributed by atoms with Crippen molar-refractivity contribution in [3.63, 3.8) is 0 Å². The van der Waals surface area contributed by atoms with Crippen molar-refractivity contribution < 1.29 is 5.11 Å². The fraction of sp³-hybridized carbons (Fsp3) is 0.600. The van der Waals surface area contributed by atoms with Crippen molar-refractivity contribution in [3.8, 4) is 0 Å². The van der Waals surface area contributed by atoms with Crippen LogP contribution in [0.1, 0.15) is 37.5 Å². The van der Waals surface area contributed by atoms with E-state index in [0.29, 0.717) is 5.92 Å². The molecule has 0 radical (unpaired) electrons. The number of aryl methyl sites for hydroxylation is 1. The summed E-state index contributed by atoms with van der Waals surface area (Å²) in [6.07, 6.45) is 5.09. The number of halogens is 1. The van der Waals surface area contributed by atoms with E-state index in [1.165, 1.54) is 11.3 Å². The molecule has 2 heterocycles. The molecule has 0 spiro atoms. The fourth-order valence-electron chi connectivity index (χ4n) is 2.91. The molecule has 2 atom stereocenters. The third kappa shape index (κ3) is 3.30. The summed E-state index contributed by atoms with van der Waals surface area (Å²) in [6.45, 7) is 2.87. The van der Waals surface area contributed by atoms with Gasteiger partial charge in [0.1, 0.15) is 10.6 Å². The molecule has 1 fully saturated rings. The van der Waals surface area contributed by atoms with Gasteiger partial charge in [-0.3, -0.25) is 0 Å². The van der Waals surface area contributed by atoms with Crippen LogP contribution in [0.5, 0.6) is 0 Å². The largest absolute Gasteiger partial charge is 0.393 e. The number of aliphatic hydroxyl groups is 1. The predicted octanol–water partition coefficient (Wildman–Crippen LogP) is 3.87. The second-order valence-electron chi connectivity index (χ2n) is 5.62. The van der Waals surface area contributed by atoms with E-state index in [1.54, 1.807) is 11.3 Å². The highest BCUT2D eigenvalue weighted by Gasteiger charge is 2.23. The van der Waals surface area contributed by atoms with Gasteiger partial charge in [-0.25, -0.2) is 9.97 Å². The number of rotatable bonds is 4. The van der Waals surface area contributed by atoms with Gasteiger partial charge in [-0.05, 0) is 36.9 Å². The molecule has 0 bridgehead atoms. The second-order valence-corrected chi connectivity index (χ2v) is 7.07. The van der Waals surface area contributed by atoms with Crippen molar-refractivity contribution in [1.29, 1.82) is 0 Å². The Bertz CT molecular complexity index is 631. The first-order chi connectivity index (χ1) is 10.2. The van der Waals surface area contributed by atoms with E-state index in [-0.39, 0.29) is 11.4 Å². The molecule has 2 aromatic heterocycles. The lowest BCUT2D eigenvalue weighted by molar-refractivity contribution is 0.0763. The van der Waals surface area contributed by atoms with Crippen LogP contribution < -0.4 is 5.32 Å². The van der Waals surface area contributed by atoms with Gasteiger partial charge in [0.25, 0.3) is 0 Å². The molecule has 4 nitrogen and oxygen atoms in total. The number of aliphatic hydroxyl groups excluding tert-OH is 1. The van der Waals surface area contributed by atoms with Crippen molar-refractivity contribution in [2.24, 2.45) is 5.92 Å². The van der Waals surface area contributed by atoms with Gasteiger partial charge in [0, 0.05) is 17.3 Å². The summed E-state index contributed by atoms with van der Waals surface area (Å²) in [7, 11) is 0. The summed E-state index contributed by atoms with van der Waals surface area (Å²) < 4.78 is 0. The Kier molecular flexibility index (Phi) is 4.62. The van der Waals surface area contributed by atoms with Gasteiger partial charge in [-0.15, -0.1) is 11.3 Å². The molecule has 1 saturated carbocycles. The zero-order valence-corrected chi connectivity index (χ0v) is 13.7. The van der Waals surface area contributed by atoms with Crippen molar-refractivity contribution in [1.82, 2.24) is 9.97 Å². The highest BCUT2D eigenvalue weighted by Crippen LogP contribution is 2.31. The number of hydrogen-bond acceptors (Lipinski definition) is 5. The van der Waals surface area contributed by atoms with E-state index in [2.05, 4.69) is 28.3 Å². The Morgan fingerprint density at radius 3 is 2.95 bits per heavy atom. The number of fused-ring (bicyclic) bond motifs is 1. The van der Waals surface area contributed by atoms with Gasteiger partial charge < -0.3 is 10.4 Å². The van der Waals surface area contributed by atoms with Crippen LogP contribution in [0.2, 0.25) is 5.28 Å². The summed E-state index contributed by atoms with van der Waals surface area (Å²) in [4.78, 5) is 10.8. The van der Waals surface area contributed by atoms with E-state index in [4.69, 9.17) is 11.6 Å². The van der Waals surface area contributed by atoms with E-state index >= 15 is 0 Å². The van der Waals surface area contributed by atoms with Gasteiger partial charge in [-0.1, -0.05) is 19.8 Å². The Hall–Kier alpha value is -0.910. The number of anilines is 1. The van der Waals surface area contributed by atoms with Crippen LogP contribution in [0.15, 0.2) is 6.07 Å². The minimum Gasteiger partial charge on any atom is -0.393 e. The van der Waals surface area contributed by atoms with Crippen molar-refractivity contribution >= 4 is 39.0 Å². The predicted molar refractivity (Wildman–Crippen MR) is 88.3 cm³/mol. The average molecular weight is 326 g/mol. The Balaban J connectivity index is 1.80. The zero-order chi connectivity index (χ0) is 14.8. The normalized spacial score (nSPS) is 22.6. The molecule has 1 aliphatic carbocycles. The molecule has 3 rings (SSSR count). The van der Waals surface area contributed by atoms with Gasteiger partial charge in [-0.2, -0.15) is 0 Å². The minimum absolute atomic E-state index is 0.201. The topological polar surface area (TPSA) is 58.0 Å². The van der Waals surface area contributed by atoms with E-state index in [0.717, 1.165) is 48.3 Å². The first-order valence-electron chi connectivity index (χ1n) is 7.55. The SMILES string of the molecule is CCc1cc2c(NCC3CCCCC3O)nc(Cl)nc2s1. The van der Waals surface area contributed by atoms with Crippen molar-refractivity contribution in [2.45, 2.75) is 45.1 Å². The number of hydrogen-bond donors (Lipinski definition) is 2. The third-order valence-corrected chi connectivity index (χ3v) is 5.51. The maximum atomic E-state index is 10.1. The van der Waals surface area contributed by atoms with Crippen LogP contribution in [0.4, 0.5) is 5.82 Å². The van der Waals surface area contributed by atoms with Crippen molar-refractivity contribution in [2.75, 3.05) is 11.9 Å². The molecule has 0 aliphatic heterocycles. The molecule has 1 aliphatic rings. The van der Waals surface area contributed by atoms with Crippen LogP contribution in [0.25, 0.3) is 10.2 Å². The number of aromatic nitrogens is 2. The zero-order valence-electron chi connectivity index (χ0n) is 12.1. The maximum absolute atomic E-state index is 10.1. The van der Waals surface area contributed by atoms with Gasteiger partial charge in [0.2, 0.25) is 5.28 Å². The monoisotopic (exact) mass is 325 g/mol. The van der Waals surface area contributed by atoms with Crippen LogP contribution in [0, 0.1) is 5.92 Å². The quantitative estimate of drug-likeness (QED) is 0.838. The van der Waals surface area contributed by atoms with Crippen molar-refractivity contribution in [3.05, 3.63) is 16.2 Å². The molecular formula is C15H20ClN3OS. The second kappa shape index (κ2) is 6.46. The Labute approximate surface area is 133 Å². The molecule has 2 N–H and O–H groups in total. The fourth-order valence-corrected chi connectivity index (χ4v) is 4.09. The molecule has 0 amide bonds. The molecule has 6 heteroatoms. The lowest BCUT2D eigenvalue weighted by atomic mass is 9.86. The lowest BCUT2D eigenvalue weighted by Crippen LogP contribution is -2.30. The van der Waals surface area contributed by atoms with Crippen LogP contribution in [-0.2, 0) is 6.42 Å². The van der Waals surface area contributed by atoms with Gasteiger partial charge in [0.05, 0.1) is 11.5 Å². The molecule has 2 unspecified atom stereocenters. The van der Waals surface area contributed by atoms with Gasteiger partial charge >= 0.3 is 0 Å². The van der Waals surface area contributed by atoms with E-state index in [9.17, 15) is 5.11 Å². The summed E-state index contributed by atoms with van der Waals surface area (Å²) in [5.41, 5.74) is 0. The Morgan fingerprint density at radius 1 is 1.38 bits per heavy atom. The first-order valence-corrected chi connectivity index (χ1v) is 8.74. The van der Waals surface area contributed by atoms with E-state index < -0.39 is 0 Å². The molecular weight excluding hydrogens is 306 g/mol. The third-order valence-electron chi connectivity index (χ3n) is 4.17. The maximum Gasteiger partial charge on any atom is 0.225 e. The number of thiophene rings is 1. The summed E-state index contributed by atoms with van der Waals surface area (Å²) in [5, 5.41) is 14.7. The standard InChI is InChI=1S/C15H20ClN3OS/c1-2-10-7-11-13(18-15(16)19-14(11)21-10)17-8-9-5-3-4-6-12(9)20/h7,9,12,20H,2-6,8H2,1H3,(H,17,18,19). The molecule has 2 aromatic rings. The lowest BCUT2D eigenvalue weighted by Gasteiger charge is -2.27. The molecule has 0 aromatic carbocycles. The summed E-state index contributed by atoms with van der Waals surface area (Å²) in [5.74, 6) is 1.09. The smallest absolute Gasteiger partial charge is 0.225 e. The van der Waals surface area contributed by atoms with Crippen LogP contribution in [-0.4, -0.2) is 27.7 Å². The summed E-state index contributed by atoms with van der Waals surface area (Å²) in [6, 6.07) is 2.13. The van der Waals surface area contributed by atoms with E-state index in [1.807, 2.05) is 0 Å². The highest BCUT2D eigenvalue weighted by atomic mass is 35.5. The van der Waals surface area contributed by atoms with Crippen LogP contribution in [0.3, 0.4) is 0 Å². The molecule has 21 heavy (non-hydrogen) atoms. The molecule has 114 valence electrons. The van der Waals surface area contributed by atoms with Crippen LogP contribution >= 0.6 is 22.9 Å². The first kappa shape index (κ1) is 15.0. The average Bonchev–Trinajstić information content (AvgIpc) is 2.89. The Morgan fingerprint density at radius 2 is 2.19 bits per heavy atom. The number of nitrogens with zero attached hydrogens (tertiary/aromatic N) is 2. The highest BCUT2D eigenvalue weighted by molar-refractivity contribution is 7.18. The molecule has 0 saturated heterocycles. The van der Waals surface area contributed by atoms with Gasteiger partial charge in [0.15, 0.2) is 0 Å². The number of nitrogens with one attached hydrogen (secondary N) is 1.